The highest BCUT2D eigenvalue weighted by atomic mass is 16.6. The lowest BCUT2D eigenvalue weighted by Crippen LogP contribution is -2.24. The van der Waals surface area contributed by atoms with Gasteiger partial charge in [0.05, 0.1) is 30.5 Å². The van der Waals surface area contributed by atoms with Crippen molar-refractivity contribution in [2.75, 3.05) is 32.2 Å². The van der Waals surface area contributed by atoms with Crippen molar-refractivity contribution in [2.24, 2.45) is 20.5 Å². The molecule has 0 amide bonds. The van der Waals surface area contributed by atoms with Crippen LogP contribution in [-0.4, -0.2) is 43.3 Å². The number of nitro benzene ring substituents is 1. The van der Waals surface area contributed by atoms with Gasteiger partial charge in [0.2, 0.25) is 0 Å². The molecule has 12 heteroatoms. The summed E-state index contributed by atoms with van der Waals surface area (Å²) in [5.74, 6) is -0.00965. The maximum absolute atomic E-state index is 10.8. The Morgan fingerprint density at radius 2 is 1.39 bits per heavy atom. The first-order chi connectivity index (χ1) is 18.3. The fraction of sp³-hybridized carbons (Fsp3) is 0.269. The molecule has 1 N–H and O–H groups in total. The molecule has 38 heavy (non-hydrogen) atoms. The summed E-state index contributed by atoms with van der Waals surface area (Å²) in [6.45, 7) is 3.42. The Labute approximate surface area is 219 Å². The molecule has 3 aromatic rings. The first-order valence-corrected chi connectivity index (χ1v) is 11.7. The van der Waals surface area contributed by atoms with E-state index in [2.05, 4.69) is 25.4 Å². The molecular formula is C26H28N6O6. The average Bonchev–Trinajstić information content (AvgIpc) is 2.93. The number of aliphatic carboxylic acids is 1. The van der Waals surface area contributed by atoms with Crippen LogP contribution in [0.4, 0.5) is 34.1 Å². The number of nitrogens with zero attached hydrogens (tertiary/aromatic N) is 6. The van der Waals surface area contributed by atoms with Crippen LogP contribution in [0, 0.1) is 10.1 Å². The van der Waals surface area contributed by atoms with Crippen molar-refractivity contribution in [3.63, 3.8) is 0 Å². The van der Waals surface area contributed by atoms with Gasteiger partial charge in [0.1, 0.15) is 22.9 Å². The number of benzene rings is 3. The number of hydrogen-bond donors (Lipinski definition) is 1. The normalized spacial score (nSPS) is 11.1. The minimum atomic E-state index is -0.801. The highest BCUT2D eigenvalue weighted by Gasteiger charge is 2.12. The molecule has 0 saturated carbocycles. The highest BCUT2D eigenvalue weighted by molar-refractivity contribution is 5.67. The van der Waals surface area contributed by atoms with Gasteiger partial charge in [0.15, 0.2) is 0 Å². The molecule has 0 radical (unpaired) electrons. The molecule has 0 fully saturated rings. The first kappa shape index (κ1) is 27.7. The largest absolute Gasteiger partial charge is 0.494 e. The van der Waals surface area contributed by atoms with Gasteiger partial charge in [0.25, 0.3) is 5.69 Å². The summed E-state index contributed by atoms with van der Waals surface area (Å²) in [5.41, 5.74) is 2.80. The van der Waals surface area contributed by atoms with E-state index in [1.54, 1.807) is 12.1 Å². The van der Waals surface area contributed by atoms with Crippen LogP contribution in [0.5, 0.6) is 11.5 Å². The molecule has 3 rings (SSSR count). The minimum Gasteiger partial charge on any atom is -0.494 e. The van der Waals surface area contributed by atoms with Crippen molar-refractivity contribution in [1.82, 2.24) is 0 Å². The molecule has 12 nitrogen and oxygen atoms in total. The monoisotopic (exact) mass is 520 g/mol. The highest BCUT2D eigenvalue weighted by Crippen LogP contribution is 2.41. The summed E-state index contributed by atoms with van der Waals surface area (Å²) < 4.78 is 10.9. The van der Waals surface area contributed by atoms with E-state index in [1.807, 2.05) is 31.2 Å². The zero-order valence-corrected chi connectivity index (χ0v) is 21.3. The van der Waals surface area contributed by atoms with Gasteiger partial charge in [-0.05, 0) is 49.7 Å². The third kappa shape index (κ3) is 7.56. The number of carboxylic acids is 1. The second-order valence-corrected chi connectivity index (χ2v) is 7.96. The number of carbonyl (C=O) groups is 1. The van der Waals surface area contributed by atoms with Crippen LogP contribution in [0.2, 0.25) is 0 Å². The predicted molar refractivity (Wildman–Crippen MR) is 142 cm³/mol. The van der Waals surface area contributed by atoms with E-state index in [0.717, 1.165) is 12.2 Å². The molecule has 0 spiro atoms. The number of nitro groups is 1. The minimum absolute atomic E-state index is 0.0361. The fourth-order valence-electron chi connectivity index (χ4n) is 3.51. The van der Waals surface area contributed by atoms with E-state index in [9.17, 15) is 14.9 Å². The summed E-state index contributed by atoms with van der Waals surface area (Å²) in [6, 6.07) is 16.4. The molecule has 0 unspecified atom stereocenters. The SMILES string of the molecule is CCN(CCCC(=O)O)c1ccc(N=Nc2cc(OC)c(N=Nc3ccc([N+](=O)[O-])cc3)cc2OC)cc1. The smallest absolute Gasteiger partial charge is 0.303 e. The van der Waals surface area contributed by atoms with E-state index < -0.39 is 10.9 Å². The maximum Gasteiger partial charge on any atom is 0.303 e. The summed E-state index contributed by atoms with van der Waals surface area (Å²) in [6.07, 6.45) is 0.695. The molecule has 0 atom stereocenters. The first-order valence-electron chi connectivity index (χ1n) is 11.7. The van der Waals surface area contributed by atoms with Crippen molar-refractivity contribution < 1.29 is 24.3 Å². The topological polar surface area (TPSA) is 152 Å². The van der Waals surface area contributed by atoms with E-state index in [0.29, 0.717) is 47.2 Å². The zero-order valence-electron chi connectivity index (χ0n) is 21.3. The van der Waals surface area contributed by atoms with E-state index in [-0.39, 0.29) is 12.1 Å². The van der Waals surface area contributed by atoms with Crippen LogP contribution >= 0.6 is 0 Å². The van der Waals surface area contributed by atoms with Crippen LogP contribution in [0.3, 0.4) is 0 Å². The van der Waals surface area contributed by atoms with Gasteiger partial charge in [-0.1, -0.05) is 0 Å². The Bertz CT molecular complexity index is 1310. The molecule has 0 saturated heterocycles. The quantitative estimate of drug-likeness (QED) is 0.143. The van der Waals surface area contributed by atoms with Gasteiger partial charge in [0, 0.05) is 49.5 Å². The lowest BCUT2D eigenvalue weighted by molar-refractivity contribution is -0.384. The molecule has 3 aromatic carbocycles. The van der Waals surface area contributed by atoms with Crippen molar-refractivity contribution in [1.29, 1.82) is 0 Å². The average molecular weight is 521 g/mol. The molecule has 198 valence electrons. The summed E-state index contributed by atoms with van der Waals surface area (Å²) in [4.78, 5) is 23.2. The molecular weight excluding hydrogens is 492 g/mol. The number of anilines is 1. The fourth-order valence-corrected chi connectivity index (χ4v) is 3.51. The molecule has 0 aliphatic rings. The summed E-state index contributed by atoms with van der Waals surface area (Å²) >= 11 is 0. The van der Waals surface area contributed by atoms with Crippen molar-refractivity contribution >= 4 is 40.1 Å². The third-order valence-electron chi connectivity index (χ3n) is 5.50. The Hall–Kier alpha value is -4.87. The Balaban J connectivity index is 1.76. The number of methoxy groups -OCH3 is 2. The number of rotatable bonds is 13. The predicted octanol–water partition coefficient (Wildman–Crippen LogP) is 7.13. The van der Waals surface area contributed by atoms with Crippen molar-refractivity contribution in [3.8, 4) is 11.5 Å². The van der Waals surface area contributed by atoms with Gasteiger partial charge in [-0.2, -0.15) is 10.2 Å². The lowest BCUT2D eigenvalue weighted by Gasteiger charge is -2.22. The van der Waals surface area contributed by atoms with Crippen LogP contribution in [0.25, 0.3) is 0 Å². The molecule has 0 bridgehead atoms. The number of azo groups is 2. The van der Waals surface area contributed by atoms with Crippen LogP contribution in [0.15, 0.2) is 81.1 Å². The molecule has 0 heterocycles. The maximum atomic E-state index is 10.8. The number of ether oxygens (including phenoxy) is 2. The summed E-state index contributed by atoms with van der Waals surface area (Å²) in [7, 11) is 2.98. The van der Waals surface area contributed by atoms with Gasteiger partial charge in [-0.3, -0.25) is 14.9 Å². The molecule has 0 aliphatic heterocycles. The standard InChI is InChI=1S/C26H28N6O6/c1-4-31(15-5-6-26(33)34)20-11-7-18(8-12-20)27-29-22-16-25(38-3)23(17-24(22)37-2)30-28-19-9-13-21(14-10-19)32(35)36/h7-14,16-17H,4-6,15H2,1-3H3,(H,33,34). The van der Waals surface area contributed by atoms with Crippen molar-refractivity contribution in [2.45, 2.75) is 19.8 Å². The third-order valence-corrected chi connectivity index (χ3v) is 5.50. The second-order valence-electron chi connectivity index (χ2n) is 7.96. The zero-order chi connectivity index (χ0) is 27.5. The Morgan fingerprint density at radius 1 is 0.895 bits per heavy atom. The number of hydrogen-bond acceptors (Lipinski definition) is 10. The van der Waals surface area contributed by atoms with Crippen LogP contribution in [-0.2, 0) is 4.79 Å². The van der Waals surface area contributed by atoms with Gasteiger partial charge in [-0.15, -0.1) is 10.2 Å². The van der Waals surface area contributed by atoms with Gasteiger partial charge < -0.3 is 19.5 Å². The van der Waals surface area contributed by atoms with Crippen LogP contribution < -0.4 is 14.4 Å². The van der Waals surface area contributed by atoms with E-state index in [4.69, 9.17) is 14.6 Å². The van der Waals surface area contributed by atoms with Gasteiger partial charge in [-0.25, -0.2) is 0 Å². The summed E-state index contributed by atoms with van der Waals surface area (Å²) in [5, 5.41) is 36.6. The van der Waals surface area contributed by atoms with Gasteiger partial charge >= 0.3 is 5.97 Å². The van der Waals surface area contributed by atoms with E-state index in [1.165, 1.54) is 38.5 Å². The Morgan fingerprint density at radius 3 is 1.82 bits per heavy atom. The van der Waals surface area contributed by atoms with Crippen LogP contribution in [0.1, 0.15) is 19.8 Å². The number of carboxylic acid groups (broad SMARTS) is 1. The lowest BCUT2D eigenvalue weighted by atomic mass is 10.2. The Kier molecular flexibility index (Phi) is 9.80. The van der Waals surface area contributed by atoms with Crippen molar-refractivity contribution in [3.05, 3.63) is 70.8 Å². The second kappa shape index (κ2) is 13.4. The molecule has 0 aliphatic carbocycles. The van der Waals surface area contributed by atoms with E-state index >= 15 is 0 Å². The molecule has 0 aromatic heterocycles. The number of non-ortho nitro benzene ring substituents is 1.